The maximum absolute atomic E-state index is 12.4. The Balaban J connectivity index is 2.52. The van der Waals surface area contributed by atoms with Gasteiger partial charge in [-0.2, -0.15) is 5.26 Å². The van der Waals surface area contributed by atoms with Crippen molar-refractivity contribution >= 4 is 5.69 Å². The molecule has 2 rings (SSSR count). The summed E-state index contributed by atoms with van der Waals surface area (Å²) in [7, 11) is 0. The third-order valence-electron chi connectivity index (χ3n) is 2.56. The highest BCUT2D eigenvalue weighted by Crippen LogP contribution is 2.34. The fourth-order valence-electron chi connectivity index (χ4n) is 1.70. The molecule has 0 radical (unpaired) electrons. The van der Waals surface area contributed by atoms with Crippen molar-refractivity contribution in [2.75, 3.05) is 5.73 Å². The van der Waals surface area contributed by atoms with Crippen LogP contribution in [0.25, 0.3) is 11.1 Å². The molecule has 0 aliphatic carbocycles. The molecule has 2 aromatic carbocycles. The van der Waals surface area contributed by atoms with Gasteiger partial charge in [0.15, 0.2) is 0 Å². The number of halogens is 3. The van der Waals surface area contributed by atoms with Crippen LogP contribution < -0.4 is 10.5 Å². The number of nitrogen functional groups attached to an aromatic ring is 1. The summed E-state index contributed by atoms with van der Waals surface area (Å²) in [6.45, 7) is 0. The highest BCUT2D eigenvalue weighted by atomic mass is 19.4. The first-order valence-electron chi connectivity index (χ1n) is 5.55. The Morgan fingerprint density at radius 1 is 1.05 bits per heavy atom. The number of nitrogens with zero attached hydrogens (tertiary/aromatic N) is 1. The molecule has 0 aliphatic rings. The fraction of sp³-hybridized carbons (Fsp3) is 0.0714. The molecule has 20 heavy (non-hydrogen) atoms. The van der Waals surface area contributed by atoms with E-state index in [4.69, 9.17) is 11.0 Å². The second kappa shape index (κ2) is 5.13. The molecular weight excluding hydrogens is 269 g/mol. The topological polar surface area (TPSA) is 59.0 Å². The summed E-state index contributed by atoms with van der Waals surface area (Å²) in [5.74, 6) is -0.415. The predicted molar refractivity (Wildman–Crippen MR) is 67.7 cm³/mol. The fourth-order valence-corrected chi connectivity index (χ4v) is 1.70. The standard InChI is InChI=1S/C14H9F3N2O/c15-14(16,17)20-13-7-9(8-18)1-6-12(13)10-2-4-11(19)5-3-10/h1-7H,19H2. The second-order valence-corrected chi connectivity index (χ2v) is 3.99. The lowest BCUT2D eigenvalue weighted by Crippen LogP contribution is -2.17. The van der Waals surface area contributed by atoms with Gasteiger partial charge in [0.1, 0.15) is 5.75 Å². The number of nitrogens with two attached hydrogens (primary N) is 1. The Hall–Kier alpha value is -2.68. The minimum atomic E-state index is -4.82. The number of nitriles is 1. The van der Waals surface area contributed by atoms with E-state index in [9.17, 15) is 13.2 Å². The molecule has 2 aromatic rings. The minimum Gasteiger partial charge on any atom is -0.405 e. The predicted octanol–water partition coefficient (Wildman–Crippen LogP) is 3.71. The van der Waals surface area contributed by atoms with Crippen molar-refractivity contribution in [3.63, 3.8) is 0 Å². The molecule has 0 atom stereocenters. The maximum Gasteiger partial charge on any atom is 0.573 e. The van der Waals surface area contributed by atoms with E-state index in [-0.39, 0.29) is 11.1 Å². The summed E-state index contributed by atoms with van der Waals surface area (Å²) in [6, 6.07) is 12.0. The number of hydrogen-bond donors (Lipinski definition) is 1. The van der Waals surface area contributed by atoms with Gasteiger partial charge >= 0.3 is 6.36 Å². The van der Waals surface area contributed by atoms with Crippen LogP contribution in [0.5, 0.6) is 5.75 Å². The van der Waals surface area contributed by atoms with Crippen LogP contribution in [0.1, 0.15) is 5.56 Å². The van der Waals surface area contributed by atoms with Gasteiger partial charge in [0.25, 0.3) is 0 Å². The number of ether oxygens (including phenoxy) is 1. The molecule has 0 aromatic heterocycles. The number of anilines is 1. The van der Waals surface area contributed by atoms with E-state index >= 15 is 0 Å². The van der Waals surface area contributed by atoms with Gasteiger partial charge < -0.3 is 10.5 Å². The van der Waals surface area contributed by atoms with E-state index in [0.717, 1.165) is 6.07 Å². The van der Waals surface area contributed by atoms with E-state index in [0.29, 0.717) is 11.3 Å². The third-order valence-corrected chi connectivity index (χ3v) is 2.56. The average molecular weight is 278 g/mol. The van der Waals surface area contributed by atoms with Gasteiger partial charge in [0.2, 0.25) is 0 Å². The lowest BCUT2D eigenvalue weighted by Gasteiger charge is -2.13. The van der Waals surface area contributed by atoms with E-state index in [1.54, 1.807) is 30.3 Å². The second-order valence-electron chi connectivity index (χ2n) is 3.99. The quantitative estimate of drug-likeness (QED) is 0.852. The summed E-state index contributed by atoms with van der Waals surface area (Å²) >= 11 is 0. The van der Waals surface area contributed by atoms with E-state index < -0.39 is 12.1 Å². The van der Waals surface area contributed by atoms with Crippen LogP contribution in [0.15, 0.2) is 42.5 Å². The summed E-state index contributed by atoms with van der Waals surface area (Å²) in [5, 5.41) is 8.75. The molecule has 0 amide bonds. The smallest absolute Gasteiger partial charge is 0.405 e. The third kappa shape index (κ3) is 3.20. The Bertz CT molecular complexity index is 658. The lowest BCUT2D eigenvalue weighted by atomic mass is 10.0. The average Bonchev–Trinajstić information content (AvgIpc) is 2.38. The van der Waals surface area contributed by atoms with Crippen molar-refractivity contribution in [2.45, 2.75) is 6.36 Å². The maximum atomic E-state index is 12.4. The van der Waals surface area contributed by atoms with Crippen molar-refractivity contribution < 1.29 is 17.9 Å². The first kappa shape index (κ1) is 13.7. The largest absolute Gasteiger partial charge is 0.573 e. The molecule has 102 valence electrons. The van der Waals surface area contributed by atoms with Crippen molar-refractivity contribution in [1.82, 2.24) is 0 Å². The molecule has 0 aliphatic heterocycles. The zero-order valence-electron chi connectivity index (χ0n) is 10.1. The van der Waals surface area contributed by atoms with Crippen LogP contribution in [0.2, 0.25) is 0 Å². The Kier molecular flexibility index (Phi) is 3.53. The van der Waals surface area contributed by atoms with Gasteiger partial charge in [0.05, 0.1) is 11.6 Å². The molecule has 3 nitrogen and oxygen atoms in total. The molecule has 0 fully saturated rings. The van der Waals surface area contributed by atoms with Gasteiger partial charge in [-0.3, -0.25) is 0 Å². The molecule has 0 spiro atoms. The number of benzene rings is 2. The molecule has 0 saturated heterocycles. The normalized spacial score (nSPS) is 10.9. The Morgan fingerprint density at radius 2 is 1.70 bits per heavy atom. The van der Waals surface area contributed by atoms with Gasteiger partial charge in [-0.05, 0) is 35.9 Å². The highest BCUT2D eigenvalue weighted by molar-refractivity contribution is 5.72. The van der Waals surface area contributed by atoms with Crippen LogP contribution in [-0.2, 0) is 0 Å². The van der Waals surface area contributed by atoms with Gasteiger partial charge in [-0.1, -0.05) is 12.1 Å². The van der Waals surface area contributed by atoms with Gasteiger partial charge in [-0.15, -0.1) is 13.2 Å². The molecule has 0 saturated carbocycles. The Labute approximate surface area is 113 Å². The van der Waals surface area contributed by atoms with Gasteiger partial charge in [0, 0.05) is 11.3 Å². The first-order valence-corrected chi connectivity index (χ1v) is 5.55. The molecule has 0 heterocycles. The van der Waals surface area contributed by atoms with Crippen molar-refractivity contribution in [1.29, 1.82) is 5.26 Å². The molecule has 0 unspecified atom stereocenters. The van der Waals surface area contributed by atoms with Crippen molar-refractivity contribution in [3.05, 3.63) is 48.0 Å². The molecule has 6 heteroatoms. The first-order chi connectivity index (χ1) is 9.39. The summed E-state index contributed by atoms with van der Waals surface area (Å²) in [5.41, 5.74) is 6.88. The highest BCUT2D eigenvalue weighted by Gasteiger charge is 2.32. The zero-order valence-corrected chi connectivity index (χ0v) is 10.1. The lowest BCUT2D eigenvalue weighted by molar-refractivity contribution is -0.274. The van der Waals surface area contributed by atoms with Crippen molar-refractivity contribution in [3.8, 4) is 22.9 Å². The molecular formula is C14H9F3N2O. The van der Waals surface area contributed by atoms with Crippen LogP contribution in [0.3, 0.4) is 0 Å². The minimum absolute atomic E-state index is 0.0865. The van der Waals surface area contributed by atoms with Crippen LogP contribution >= 0.6 is 0 Å². The van der Waals surface area contributed by atoms with Crippen LogP contribution in [-0.4, -0.2) is 6.36 Å². The molecule has 2 N–H and O–H groups in total. The van der Waals surface area contributed by atoms with E-state index in [1.807, 2.05) is 0 Å². The number of alkyl halides is 3. The van der Waals surface area contributed by atoms with E-state index in [1.165, 1.54) is 12.1 Å². The van der Waals surface area contributed by atoms with Crippen LogP contribution in [0.4, 0.5) is 18.9 Å². The van der Waals surface area contributed by atoms with Crippen LogP contribution in [0, 0.1) is 11.3 Å². The summed E-state index contributed by atoms with van der Waals surface area (Å²) < 4.78 is 41.2. The van der Waals surface area contributed by atoms with Crippen molar-refractivity contribution in [2.24, 2.45) is 0 Å². The Morgan fingerprint density at radius 3 is 2.25 bits per heavy atom. The number of rotatable bonds is 2. The SMILES string of the molecule is N#Cc1ccc(-c2ccc(N)cc2)c(OC(F)(F)F)c1. The zero-order chi connectivity index (χ0) is 14.8. The van der Waals surface area contributed by atoms with E-state index in [2.05, 4.69) is 4.74 Å². The summed E-state index contributed by atoms with van der Waals surface area (Å²) in [6.07, 6.45) is -4.82. The molecule has 0 bridgehead atoms. The number of hydrogen-bond acceptors (Lipinski definition) is 3. The summed E-state index contributed by atoms with van der Waals surface area (Å²) in [4.78, 5) is 0. The van der Waals surface area contributed by atoms with Gasteiger partial charge in [-0.25, -0.2) is 0 Å². The monoisotopic (exact) mass is 278 g/mol.